The molecule has 1 aliphatic rings. The fourth-order valence-electron chi connectivity index (χ4n) is 2.15. The number of alkyl halides is 1. The number of amides is 1. The van der Waals surface area contributed by atoms with Crippen LogP contribution < -0.4 is 5.32 Å². The van der Waals surface area contributed by atoms with Gasteiger partial charge in [-0.3, -0.25) is 4.79 Å². The van der Waals surface area contributed by atoms with Gasteiger partial charge in [0, 0.05) is 17.8 Å². The van der Waals surface area contributed by atoms with Gasteiger partial charge in [-0.2, -0.15) is 0 Å². The summed E-state index contributed by atoms with van der Waals surface area (Å²) in [4.78, 5) is 11.7. The molecule has 0 heterocycles. The maximum absolute atomic E-state index is 11.7. The van der Waals surface area contributed by atoms with E-state index in [9.17, 15) is 4.79 Å². The van der Waals surface area contributed by atoms with Crippen LogP contribution >= 0.6 is 15.9 Å². The standard InChI is InChI=1S/C12H22BrNO/c1-12(2,3)7-11(15)14-10-6-4-5-9(10)8-13/h9-10H,4-8H2,1-3H3,(H,14,15). The van der Waals surface area contributed by atoms with Gasteiger partial charge in [0.25, 0.3) is 0 Å². The summed E-state index contributed by atoms with van der Waals surface area (Å²) < 4.78 is 0. The lowest BCUT2D eigenvalue weighted by atomic mass is 9.91. The molecular formula is C12H22BrNO. The molecule has 1 amide bonds. The van der Waals surface area contributed by atoms with E-state index in [-0.39, 0.29) is 11.3 Å². The van der Waals surface area contributed by atoms with Gasteiger partial charge >= 0.3 is 0 Å². The zero-order chi connectivity index (χ0) is 11.5. The molecule has 0 bridgehead atoms. The summed E-state index contributed by atoms with van der Waals surface area (Å²) in [5.41, 5.74) is 0.0899. The van der Waals surface area contributed by atoms with Crippen LogP contribution in [0.2, 0.25) is 0 Å². The van der Waals surface area contributed by atoms with Crippen molar-refractivity contribution in [2.75, 3.05) is 5.33 Å². The lowest BCUT2D eigenvalue weighted by Crippen LogP contribution is -2.39. The summed E-state index contributed by atoms with van der Waals surface area (Å²) in [6, 6.07) is 0.402. The zero-order valence-corrected chi connectivity index (χ0v) is 11.6. The lowest BCUT2D eigenvalue weighted by Gasteiger charge is -2.22. The predicted octanol–water partition coefficient (Wildman–Crippen LogP) is 3.10. The van der Waals surface area contributed by atoms with E-state index >= 15 is 0 Å². The van der Waals surface area contributed by atoms with Crippen molar-refractivity contribution in [1.82, 2.24) is 5.32 Å². The smallest absolute Gasteiger partial charge is 0.220 e. The van der Waals surface area contributed by atoms with Gasteiger partial charge < -0.3 is 5.32 Å². The third-order valence-electron chi connectivity index (χ3n) is 2.89. The first-order valence-electron chi connectivity index (χ1n) is 5.78. The number of hydrogen-bond acceptors (Lipinski definition) is 1. The van der Waals surface area contributed by atoms with Crippen LogP contribution in [0.1, 0.15) is 46.5 Å². The second-order valence-corrected chi connectivity index (χ2v) is 6.40. The van der Waals surface area contributed by atoms with Crippen LogP contribution in [0.5, 0.6) is 0 Å². The summed E-state index contributed by atoms with van der Waals surface area (Å²) in [5.74, 6) is 0.842. The van der Waals surface area contributed by atoms with Gasteiger partial charge in [0.1, 0.15) is 0 Å². The second-order valence-electron chi connectivity index (χ2n) is 5.76. The highest BCUT2D eigenvalue weighted by molar-refractivity contribution is 9.09. The van der Waals surface area contributed by atoms with Crippen LogP contribution in [-0.2, 0) is 4.79 Å². The molecule has 1 fully saturated rings. The van der Waals surface area contributed by atoms with Crippen LogP contribution in [0.4, 0.5) is 0 Å². The van der Waals surface area contributed by atoms with E-state index in [1.807, 2.05) is 0 Å². The van der Waals surface area contributed by atoms with Gasteiger partial charge in [0.2, 0.25) is 5.91 Å². The summed E-state index contributed by atoms with van der Waals surface area (Å²) in [6.45, 7) is 6.30. The van der Waals surface area contributed by atoms with E-state index in [0.29, 0.717) is 18.4 Å². The molecule has 1 rings (SSSR count). The van der Waals surface area contributed by atoms with Gasteiger partial charge in [-0.15, -0.1) is 0 Å². The van der Waals surface area contributed by atoms with Crippen LogP contribution in [0.15, 0.2) is 0 Å². The predicted molar refractivity (Wildman–Crippen MR) is 67.1 cm³/mol. The maximum Gasteiger partial charge on any atom is 0.220 e. The van der Waals surface area contributed by atoms with Crippen molar-refractivity contribution in [3.63, 3.8) is 0 Å². The Bertz CT molecular complexity index is 222. The van der Waals surface area contributed by atoms with Crippen molar-refractivity contribution in [1.29, 1.82) is 0 Å². The highest BCUT2D eigenvalue weighted by atomic mass is 79.9. The maximum atomic E-state index is 11.7. The monoisotopic (exact) mass is 275 g/mol. The quantitative estimate of drug-likeness (QED) is 0.788. The van der Waals surface area contributed by atoms with E-state index in [2.05, 4.69) is 42.0 Å². The summed E-state index contributed by atoms with van der Waals surface area (Å²) in [6.07, 6.45) is 4.26. The Morgan fingerprint density at radius 2 is 2.07 bits per heavy atom. The van der Waals surface area contributed by atoms with Crippen LogP contribution in [-0.4, -0.2) is 17.3 Å². The van der Waals surface area contributed by atoms with Crippen molar-refractivity contribution in [2.24, 2.45) is 11.3 Å². The van der Waals surface area contributed by atoms with Crippen LogP contribution in [0, 0.1) is 11.3 Å². The topological polar surface area (TPSA) is 29.1 Å². The molecule has 2 nitrogen and oxygen atoms in total. The molecule has 1 saturated carbocycles. The zero-order valence-electron chi connectivity index (χ0n) is 9.98. The van der Waals surface area contributed by atoms with Crippen molar-refractivity contribution in [3.05, 3.63) is 0 Å². The van der Waals surface area contributed by atoms with Gasteiger partial charge in [-0.05, 0) is 24.2 Å². The van der Waals surface area contributed by atoms with Crippen molar-refractivity contribution >= 4 is 21.8 Å². The Hall–Kier alpha value is -0.0500. The molecule has 0 aromatic rings. The molecule has 2 atom stereocenters. The molecule has 0 aromatic carbocycles. The van der Waals surface area contributed by atoms with Gasteiger partial charge in [0.15, 0.2) is 0 Å². The molecule has 1 aliphatic carbocycles. The summed E-state index contributed by atoms with van der Waals surface area (Å²) in [7, 11) is 0. The molecule has 2 unspecified atom stereocenters. The van der Waals surface area contributed by atoms with Crippen LogP contribution in [0.25, 0.3) is 0 Å². The average Bonchev–Trinajstić information content (AvgIpc) is 2.48. The first-order valence-corrected chi connectivity index (χ1v) is 6.90. The summed E-state index contributed by atoms with van der Waals surface area (Å²) >= 11 is 3.52. The Labute approximate surface area is 101 Å². The van der Waals surface area contributed by atoms with Crippen molar-refractivity contribution in [3.8, 4) is 0 Å². The first-order chi connectivity index (χ1) is 6.92. The minimum absolute atomic E-state index is 0.0899. The molecule has 0 spiro atoms. The largest absolute Gasteiger partial charge is 0.353 e. The molecule has 88 valence electrons. The molecule has 0 saturated heterocycles. The Balaban J connectivity index is 2.37. The molecule has 15 heavy (non-hydrogen) atoms. The highest BCUT2D eigenvalue weighted by Crippen LogP contribution is 2.27. The number of carbonyl (C=O) groups excluding carboxylic acids is 1. The second kappa shape index (κ2) is 5.33. The van der Waals surface area contributed by atoms with Gasteiger partial charge in [-0.1, -0.05) is 43.1 Å². The highest BCUT2D eigenvalue weighted by Gasteiger charge is 2.28. The summed E-state index contributed by atoms with van der Waals surface area (Å²) in [5, 5.41) is 4.17. The molecule has 0 aromatic heterocycles. The first kappa shape index (κ1) is 13.0. The van der Waals surface area contributed by atoms with E-state index < -0.39 is 0 Å². The van der Waals surface area contributed by atoms with E-state index in [4.69, 9.17) is 0 Å². The third-order valence-corrected chi connectivity index (χ3v) is 3.73. The van der Waals surface area contributed by atoms with Crippen molar-refractivity contribution in [2.45, 2.75) is 52.5 Å². The average molecular weight is 276 g/mol. The minimum Gasteiger partial charge on any atom is -0.353 e. The van der Waals surface area contributed by atoms with Gasteiger partial charge in [-0.25, -0.2) is 0 Å². The van der Waals surface area contributed by atoms with Crippen molar-refractivity contribution < 1.29 is 4.79 Å². The Kier molecular flexibility index (Phi) is 4.63. The van der Waals surface area contributed by atoms with Crippen LogP contribution in [0.3, 0.4) is 0 Å². The Morgan fingerprint density at radius 1 is 1.40 bits per heavy atom. The molecular weight excluding hydrogens is 254 g/mol. The van der Waals surface area contributed by atoms with E-state index in [1.54, 1.807) is 0 Å². The SMILES string of the molecule is CC(C)(C)CC(=O)NC1CCCC1CBr. The molecule has 0 radical (unpaired) electrons. The molecule has 3 heteroatoms. The van der Waals surface area contributed by atoms with E-state index in [0.717, 1.165) is 11.8 Å². The number of nitrogens with one attached hydrogen (secondary N) is 1. The fourth-order valence-corrected chi connectivity index (χ4v) is 2.93. The Morgan fingerprint density at radius 3 is 2.60 bits per heavy atom. The number of rotatable bonds is 3. The number of halogens is 1. The fraction of sp³-hybridized carbons (Fsp3) is 0.917. The third kappa shape index (κ3) is 4.54. The number of carbonyl (C=O) groups is 1. The molecule has 1 N–H and O–H groups in total. The van der Waals surface area contributed by atoms with Gasteiger partial charge in [0.05, 0.1) is 0 Å². The van der Waals surface area contributed by atoms with E-state index in [1.165, 1.54) is 12.8 Å². The molecule has 0 aliphatic heterocycles. The normalized spacial score (nSPS) is 26.7. The minimum atomic E-state index is 0.0899. The number of hydrogen-bond donors (Lipinski definition) is 1. The lowest BCUT2D eigenvalue weighted by molar-refractivity contribution is -0.123.